The number of aliphatic hydroxyl groups excluding tert-OH is 1. The number of hydrogen-bond acceptors (Lipinski definition) is 2. The van der Waals surface area contributed by atoms with Crippen LogP contribution in [-0.4, -0.2) is 31.1 Å². The molecule has 0 aromatic rings. The van der Waals surface area contributed by atoms with Crippen LogP contribution in [0.15, 0.2) is 0 Å². The zero-order valence-corrected chi connectivity index (χ0v) is 7.05. The van der Waals surface area contributed by atoms with Gasteiger partial charge in [0.1, 0.15) is 12.8 Å². The average Bonchev–Trinajstić information content (AvgIpc) is 2.04. The van der Waals surface area contributed by atoms with Crippen LogP contribution in [0.4, 0.5) is 4.39 Å². The summed E-state index contributed by atoms with van der Waals surface area (Å²) in [5, 5.41) is 8.71. The Balaban J connectivity index is 2.89. The summed E-state index contributed by atoms with van der Waals surface area (Å²) in [7, 11) is 0. The second-order valence-electron chi connectivity index (χ2n) is 2.59. The van der Waals surface area contributed by atoms with Crippen LogP contribution in [0, 0.1) is 0 Å². The van der Waals surface area contributed by atoms with E-state index in [0.717, 1.165) is 19.3 Å². The SMILES string of the molecule is CCCCCOCC(O)CF. The Bertz CT molecular complexity index is 78.5. The smallest absolute Gasteiger partial charge is 0.118 e. The van der Waals surface area contributed by atoms with E-state index in [2.05, 4.69) is 6.92 Å². The minimum atomic E-state index is -0.934. The monoisotopic (exact) mass is 164 g/mol. The van der Waals surface area contributed by atoms with Gasteiger partial charge in [-0.05, 0) is 6.42 Å². The van der Waals surface area contributed by atoms with Crippen molar-refractivity contribution in [1.29, 1.82) is 0 Å². The van der Waals surface area contributed by atoms with Gasteiger partial charge in [-0.15, -0.1) is 0 Å². The van der Waals surface area contributed by atoms with E-state index in [-0.39, 0.29) is 6.61 Å². The molecule has 3 heteroatoms. The first-order valence-corrected chi connectivity index (χ1v) is 4.13. The third-order valence-electron chi connectivity index (χ3n) is 1.38. The van der Waals surface area contributed by atoms with E-state index in [9.17, 15) is 4.39 Å². The van der Waals surface area contributed by atoms with Crippen LogP contribution < -0.4 is 0 Å². The first kappa shape index (κ1) is 10.8. The maximum Gasteiger partial charge on any atom is 0.118 e. The molecule has 0 aliphatic rings. The molecular formula is C8H17FO2. The van der Waals surface area contributed by atoms with Crippen molar-refractivity contribution in [3.8, 4) is 0 Å². The molecule has 0 aromatic heterocycles. The predicted molar refractivity (Wildman–Crippen MR) is 42.3 cm³/mol. The van der Waals surface area contributed by atoms with Gasteiger partial charge in [-0.2, -0.15) is 0 Å². The zero-order valence-electron chi connectivity index (χ0n) is 7.05. The van der Waals surface area contributed by atoms with Crippen molar-refractivity contribution in [3.05, 3.63) is 0 Å². The summed E-state index contributed by atoms with van der Waals surface area (Å²) in [5.41, 5.74) is 0. The first-order valence-electron chi connectivity index (χ1n) is 4.13. The Morgan fingerprint density at radius 1 is 1.45 bits per heavy atom. The number of aliphatic hydroxyl groups is 1. The van der Waals surface area contributed by atoms with Gasteiger partial charge in [0.15, 0.2) is 0 Å². The van der Waals surface area contributed by atoms with Crippen molar-refractivity contribution < 1.29 is 14.2 Å². The molecule has 0 saturated carbocycles. The molecule has 0 fully saturated rings. The molecule has 0 aliphatic carbocycles. The highest BCUT2D eigenvalue weighted by Crippen LogP contribution is 1.95. The van der Waals surface area contributed by atoms with E-state index < -0.39 is 12.8 Å². The summed E-state index contributed by atoms with van der Waals surface area (Å²) in [6.45, 7) is 2.15. The Kier molecular flexibility index (Phi) is 7.84. The van der Waals surface area contributed by atoms with Gasteiger partial charge in [0, 0.05) is 6.61 Å². The molecule has 0 amide bonds. The number of alkyl halides is 1. The Labute approximate surface area is 67.4 Å². The minimum absolute atomic E-state index is 0.125. The summed E-state index contributed by atoms with van der Waals surface area (Å²) >= 11 is 0. The third-order valence-corrected chi connectivity index (χ3v) is 1.38. The second kappa shape index (κ2) is 7.95. The van der Waals surface area contributed by atoms with Crippen LogP contribution in [0.3, 0.4) is 0 Å². The fourth-order valence-electron chi connectivity index (χ4n) is 0.718. The number of halogens is 1. The molecule has 2 nitrogen and oxygen atoms in total. The Hall–Kier alpha value is -0.150. The van der Waals surface area contributed by atoms with Gasteiger partial charge in [0.25, 0.3) is 0 Å². The summed E-state index contributed by atoms with van der Waals surface area (Å²) in [5.74, 6) is 0. The minimum Gasteiger partial charge on any atom is -0.388 e. The van der Waals surface area contributed by atoms with Gasteiger partial charge >= 0.3 is 0 Å². The lowest BCUT2D eigenvalue weighted by molar-refractivity contribution is 0.0229. The highest BCUT2D eigenvalue weighted by Gasteiger charge is 2.01. The average molecular weight is 164 g/mol. The van der Waals surface area contributed by atoms with E-state index in [0.29, 0.717) is 6.61 Å². The van der Waals surface area contributed by atoms with Gasteiger partial charge in [-0.1, -0.05) is 19.8 Å². The molecule has 1 N–H and O–H groups in total. The molecule has 1 atom stereocenters. The van der Waals surface area contributed by atoms with Crippen LogP contribution in [0.25, 0.3) is 0 Å². The fourth-order valence-corrected chi connectivity index (χ4v) is 0.718. The van der Waals surface area contributed by atoms with E-state index in [1.807, 2.05) is 0 Å². The van der Waals surface area contributed by atoms with Gasteiger partial charge < -0.3 is 9.84 Å². The number of ether oxygens (including phenoxy) is 1. The highest BCUT2D eigenvalue weighted by atomic mass is 19.1. The van der Waals surface area contributed by atoms with Crippen LogP contribution in [0.2, 0.25) is 0 Å². The van der Waals surface area contributed by atoms with Crippen LogP contribution in [0.5, 0.6) is 0 Å². The Morgan fingerprint density at radius 2 is 2.18 bits per heavy atom. The topological polar surface area (TPSA) is 29.5 Å². The lowest BCUT2D eigenvalue weighted by atomic mass is 10.3. The lowest BCUT2D eigenvalue weighted by Gasteiger charge is -2.06. The summed E-state index contributed by atoms with van der Waals surface area (Å²) in [6.07, 6.45) is 2.34. The number of unbranched alkanes of at least 4 members (excludes halogenated alkanes) is 2. The van der Waals surface area contributed by atoms with Crippen molar-refractivity contribution in [1.82, 2.24) is 0 Å². The molecule has 0 aromatic carbocycles. The highest BCUT2D eigenvalue weighted by molar-refractivity contribution is 4.48. The molecule has 68 valence electrons. The summed E-state index contributed by atoms with van der Waals surface area (Å²) in [6, 6.07) is 0. The molecule has 0 saturated heterocycles. The molecule has 0 rings (SSSR count). The van der Waals surface area contributed by atoms with Gasteiger partial charge in [-0.25, -0.2) is 4.39 Å². The fraction of sp³-hybridized carbons (Fsp3) is 1.00. The van der Waals surface area contributed by atoms with Gasteiger partial charge in [-0.3, -0.25) is 0 Å². The molecule has 0 spiro atoms. The molecular weight excluding hydrogens is 147 g/mol. The molecule has 0 heterocycles. The summed E-state index contributed by atoms with van der Waals surface area (Å²) in [4.78, 5) is 0. The van der Waals surface area contributed by atoms with Gasteiger partial charge in [0.05, 0.1) is 6.61 Å². The van der Waals surface area contributed by atoms with Crippen molar-refractivity contribution in [3.63, 3.8) is 0 Å². The molecule has 0 radical (unpaired) electrons. The quantitative estimate of drug-likeness (QED) is 0.578. The number of hydrogen-bond donors (Lipinski definition) is 1. The lowest BCUT2D eigenvalue weighted by Crippen LogP contribution is -2.17. The largest absolute Gasteiger partial charge is 0.388 e. The maximum absolute atomic E-state index is 11.6. The Morgan fingerprint density at radius 3 is 2.73 bits per heavy atom. The third kappa shape index (κ3) is 7.75. The standard InChI is InChI=1S/C8H17FO2/c1-2-3-4-5-11-7-8(10)6-9/h8,10H,2-7H2,1H3. The van der Waals surface area contributed by atoms with Crippen molar-refractivity contribution in [2.75, 3.05) is 19.9 Å². The van der Waals surface area contributed by atoms with Crippen LogP contribution in [0.1, 0.15) is 26.2 Å². The predicted octanol–water partition coefficient (Wildman–Crippen LogP) is 1.52. The van der Waals surface area contributed by atoms with E-state index in [4.69, 9.17) is 9.84 Å². The molecule has 0 aliphatic heterocycles. The first-order chi connectivity index (χ1) is 5.31. The van der Waals surface area contributed by atoms with E-state index >= 15 is 0 Å². The maximum atomic E-state index is 11.6. The molecule has 1 unspecified atom stereocenters. The van der Waals surface area contributed by atoms with E-state index in [1.165, 1.54) is 0 Å². The van der Waals surface area contributed by atoms with Crippen molar-refractivity contribution >= 4 is 0 Å². The normalized spacial score (nSPS) is 13.4. The van der Waals surface area contributed by atoms with E-state index in [1.54, 1.807) is 0 Å². The number of rotatable bonds is 7. The molecule has 11 heavy (non-hydrogen) atoms. The van der Waals surface area contributed by atoms with Crippen molar-refractivity contribution in [2.24, 2.45) is 0 Å². The van der Waals surface area contributed by atoms with Crippen LogP contribution >= 0.6 is 0 Å². The van der Waals surface area contributed by atoms with Crippen molar-refractivity contribution in [2.45, 2.75) is 32.3 Å². The van der Waals surface area contributed by atoms with Gasteiger partial charge in [0.2, 0.25) is 0 Å². The second-order valence-corrected chi connectivity index (χ2v) is 2.59. The zero-order chi connectivity index (χ0) is 8.53. The molecule has 0 bridgehead atoms. The summed E-state index contributed by atoms with van der Waals surface area (Å²) < 4.78 is 16.6. The van der Waals surface area contributed by atoms with Crippen LogP contribution in [-0.2, 0) is 4.74 Å².